The number of aromatic nitrogens is 1. The molecular formula is C20H26N4O2. The molecule has 6 nitrogen and oxygen atoms in total. The summed E-state index contributed by atoms with van der Waals surface area (Å²) in [4.78, 5) is 14.6. The van der Waals surface area contributed by atoms with Gasteiger partial charge in [0.25, 0.3) is 0 Å². The first-order chi connectivity index (χ1) is 12.7. The zero-order valence-electron chi connectivity index (χ0n) is 15.2. The van der Waals surface area contributed by atoms with Crippen LogP contribution in [0.4, 0.5) is 0 Å². The first-order valence-electron chi connectivity index (χ1n) is 9.35. The number of carbonyl (C=O) groups is 1. The summed E-state index contributed by atoms with van der Waals surface area (Å²) in [5.41, 5.74) is 2.06. The number of rotatable bonds is 4. The predicted octanol–water partition coefficient (Wildman–Crippen LogP) is 2.03. The monoisotopic (exact) mass is 354 g/mol. The second-order valence-corrected chi connectivity index (χ2v) is 7.63. The lowest BCUT2D eigenvalue weighted by atomic mass is 9.77. The average Bonchev–Trinajstić information content (AvgIpc) is 3.30. The van der Waals surface area contributed by atoms with Crippen molar-refractivity contribution in [2.24, 2.45) is 5.41 Å². The van der Waals surface area contributed by atoms with Crippen molar-refractivity contribution in [2.75, 3.05) is 26.7 Å². The lowest BCUT2D eigenvalue weighted by molar-refractivity contribution is -0.132. The van der Waals surface area contributed by atoms with Gasteiger partial charge in [-0.15, -0.1) is 0 Å². The van der Waals surface area contributed by atoms with E-state index < -0.39 is 0 Å². The van der Waals surface area contributed by atoms with Gasteiger partial charge in [-0.25, -0.2) is 0 Å². The van der Waals surface area contributed by atoms with Crippen LogP contribution in [0, 0.1) is 5.41 Å². The molecule has 138 valence electrons. The molecule has 2 aliphatic heterocycles. The van der Waals surface area contributed by atoms with Crippen molar-refractivity contribution in [1.29, 1.82) is 0 Å². The molecule has 2 aliphatic rings. The third-order valence-corrected chi connectivity index (χ3v) is 5.72. The topological polar surface area (TPSA) is 70.4 Å². The molecule has 2 N–H and O–H groups in total. The van der Waals surface area contributed by atoms with Crippen LogP contribution < -0.4 is 10.6 Å². The van der Waals surface area contributed by atoms with E-state index in [0.29, 0.717) is 12.0 Å². The van der Waals surface area contributed by atoms with E-state index in [1.165, 1.54) is 0 Å². The molecular weight excluding hydrogens is 328 g/mol. The Morgan fingerprint density at radius 1 is 1.31 bits per heavy atom. The van der Waals surface area contributed by atoms with E-state index in [1.54, 1.807) is 4.90 Å². The highest BCUT2D eigenvalue weighted by Gasteiger charge is 2.42. The third-order valence-electron chi connectivity index (χ3n) is 5.72. The highest BCUT2D eigenvalue weighted by Crippen LogP contribution is 2.37. The normalized spacial score (nSPS) is 21.8. The SMILES string of the molecule is CN(Cc1cc(-c2ccccc2)on1)C(=O)[C@H]1CC2(CCNCC2)CN1. The van der Waals surface area contributed by atoms with Gasteiger partial charge in [0.15, 0.2) is 5.76 Å². The van der Waals surface area contributed by atoms with Gasteiger partial charge in [0, 0.05) is 25.2 Å². The van der Waals surface area contributed by atoms with Gasteiger partial charge in [-0.1, -0.05) is 35.5 Å². The molecule has 1 amide bonds. The van der Waals surface area contributed by atoms with Gasteiger partial charge in [0.05, 0.1) is 12.6 Å². The van der Waals surface area contributed by atoms with Crippen molar-refractivity contribution >= 4 is 5.91 Å². The van der Waals surface area contributed by atoms with Gasteiger partial charge in [0.1, 0.15) is 5.69 Å². The highest BCUT2D eigenvalue weighted by molar-refractivity contribution is 5.82. The summed E-state index contributed by atoms with van der Waals surface area (Å²) in [6.07, 6.45) is 3.24. The minimum Gasteiger partial charge on any atom is -0.356 e. The Kier molecular flexibility index (Phi) is 4.78. The number of nitrogens with one attached hydrogen (secondary N) is 2. The van der Waals surface area contributed by atoms with Gasteiger partial charge >= 0.3 is 0 Å². The molecule has 2 saturated heterocycles. The summed E-state index contributed by atoms with van der Waals surface area (Å²) in [6.45, 7) is 3.52. The molecule has 0 bridgehead atoms. The lowest BCUT2D eigenvalue weighted by Crippen LogP contribution is -2.41. The van der Waals surface area contributed by atoms with Gasteiger partial charge in [0.2, 0.25) is 5.91 Å². The maximum absolute atomic E-state index is 12.8. The predicted molar refractivity (Wildman–Crippen MR) is 99.4 cm³/mol. The van der Waals surface area contributed by atoms with Crippen molar-refractivity contribution in [1.82, 2.24) is 20.7 Å². The minimum absolute atomic E-state index is 0.0846. The van der Waals surface area contributed by atoms with Gasteiger partial charge in [-0.2, -0.15) is 0 Å². The molecule has 6 heteroatoms. The molecule has 1 atom stereocenters. The Hall–Kier alpha value is -2.18. The van der Waals surface area contributed by atoms with Crippen LogP contribution in [0.1, 0.15) is 25.0 Å². The Morgan fingerprint density at radius 2 is 2.08 bits per heavy atom. The van der Waals surface area contributed by atoms with Crippen LogP contribution >= 0.6 is 0 Å². The first kappa shape index (κ1) is 17.2. The maximum atomic E-state index is 12.8. The van der Waals surface area contributed by atoms with Crippen LogP contribution in [-0.4, -0.2) is 48.7 Å². The summed E-state index contributed by atoms with van der Waals surface area (Å²) < 4.78 is 5.44. The molecule has 4 rings (SSSR count). The number of nitrogens with zero attached hydrogens (tertiary/aromatic N) is 2. The molecule has 1 aromatic carbocycles. The van der Waals surface area contributed by atoms with E-state index in [-0.39, 0.29) is 11.9 Å². The number of carbonyl (C=O) groups excluding carboxylic acids is 1. The Bertz CT molecular complexity index is 752. The maximum Gasteiger partial charge on any atom is 0.239 e. The molecule has 2 aromatic rings. The van der Waals surface area contributed by atoms with E-state index >= 15 is 0 Å². The van der Waals surface area contributed by atoms with Gasteiger partial charge < -0.3 is 20.1 Å². The minimum atomic E-state index is -0.0846. The van der Waals surface area contributed by atoms with Crippen molar-refractivity contribution in [3.8, 4) is 11.3 Å². The number of benzene rings is 1. The summed E-state index contributed by atoms with van der Waals surface area (Å²) in [6, 6.07) is 11.7. The Morgan fingerprint density at radius 3 is 2.85 bits per heavy atom. The van der Waals surface area contributed by atoms with E-state index in [4.69, 9.17) is 4.52 Å². The van der Waals surface area contributed by atoms with E-state index in [9.17, 15) is 4.79 Å². The zero-order chi connectivity index (χ0) is 18.0. The van der Waals surface area contributed by atoms with Gasteiger partial charge in [-0.05, 0) is 37.8 Å². The summed E-state index contributed by atoms with van der Waals surface area (Å²) in [5, 5.41) is 11.0. The van der Waals surface area contributed by atoms with Crippen LogP contribution in [0.3, 0.4) is 0 Å². The number of amides is 1. The van der Waals surface area contributed by atoms with Crippen LogP contribution in [-0.2, 0) is 11.3 Å². The molecule has 0 aliphatic carbocycles. The van der Waals surface area contributed by atoms with Crippen molar-refractivity contribution < 1.29 is 9.32 Å². The first-order valence-corrected chi connectivity index (χ1v) is 9.35. The number of hydrogen-bond acceptors (Lipinski definition) is 5. The molecule has 0 unspecified atom stereocenters. The van der Waals surface area contributed by atoms with Crippen LogP contribution in [0.2, 0.25) is 0 Å². The smallest absolute Gasteiger partial charge is 0.239 e. The quantitative estimate of drug-likeness (QED) is 0.879. The highest BCUT2D eigenvalue weighted by atomic mass is 16.5. The molecule has 0 radical (unpaired) electrons. The number of likely N-dealkylation sites (N-methyl/N-ethyl adjacent to an activating group) is 1. The van der Waals surface area contributed by atoms with Crippen LogP contribution in [0.5, 0.6) is 0 Å². The van der Waals surface area contributed by atoms with E-state index in [2.05, 4.69) is 15.8 Å². The van der Waals surface area contributed by atoms with Crippen LogP contribution in [0.15, 0.2) is 40.9 Å². The van der Waals surface area contributed by atoms with Crippen molar-refractivity contribution in [3.05, 3.63) is 42.1 Å². The van der Waals surface area contributed by atoms with Crippen molar-refractivity contribution in [2.45, 2.75) is 31.8 Å². The molecule has 0 saturated carbocycles. The standard InChI is InChI=1S/C20H26N4O2/c1-24(13-16-11-18(26-23-16)15-5-3-2-4-6-15)19(25)17-12-20(14-22-17)7-9-21-10-8-20/h2-6,11,17,21-22H,7-10,12-14H2,1H3/t17-/m1/s1. The Balaban J connectivity index is 1.37. The van der Waals surface area contributed by atoms with Crippen LogP contribution in [0.25, 0.3) is 11.3 Å². The lowest BCUT2D eigenvalue weighted by Gasteiger charge is -2.33. The fourth-order valence-corrected chi connectivity index (χ4v) is 4.14. The fourth-order valence-electron chi connectivity index (χ4n) is 4.14. The summed E-state index contributed by atoms with van der Waals surface area (Å²) >= 11 is 0. The van der Waals surface area contributed by atoms with Gasteiger partial charge in [-0.3, -0.25) is 4.79 Å². The third kappa shape index (κ3) is 3.52. The average molecular weight is 354 g/mol. The number of piperidine rings is 1. The molecule has 1 aromatic heterocycles. The number of hydrogen-bond donors (Lipinski definition) is 2. The van der Waals surface area contributed by atoms with Crippen molar-refractivity contribution in [3.63, 3.8) is 0 Å². The molecule has 1 spiro atoms. The summed E-state index contributed by atoms with van der Waals surface area (Å²) in [7, 11) is 1.84. The second-order valence-electron chi connectivity index (χ2n) is 7.63. The van der Waals surface area contributed by atoms with E-state index in [0.717, 1.165) is 55.9 Å². The fraction of sp³-hybridized carbons (Fsp3) is 0.500. The second kappa shape index (κ2) is 7.21. The largest absolute Gasteiger partial charge is 0.356 e. The molecule has 3 heterocycles. The zero-order valence-corrected chi connectivity index (χ0v) is 15.2. The van der Waals surface area contributed by atoms with E-state index in [1.807, 2.05) is 43.4 Å². The Labute approximate surface area is 153 Å². The summed E-state index contributed by atoms with van der Waals surface area (Å²) in [5.74, 6) is 0.874. The molecule has 2 fully saturated rings. The molecule has 26 heavy (non-hydrogen) atoms.